The number of aromatic nitrogens is 2. The molecular formula is C13H23N3S. The lowest BCUT2D eigenvalue weighted by Gasteiger charge is -2.18. The standard InChI is InChI=1S/C13H23N3S/c1-4-14-11(7-9(2)3)8-12-15-13(16-17-12)10-5-6-10/h9-11,14H,4-8H2,1-3H3. The Morgan fingerprint density at radius 2 is 2.18 bits per heavy atom. The van der Waals surface area contributed by atoms with E-state index in [2.05, 4.69) is 35.4 Å². The predicted octanol–water partition coefficient (Wildman–Crippen LogP) is 2.98. The van der Waals surface area contributed by atoms with Crippen LogP contribution >= 0.6 is 11.5 Å². The smallest absolute Gasteiger partial charge is 0.145 e. The van der Waals surface area contributed by atoms with E-state index in [-0.39, 0.29) is 0 Å². The third kappa shape index (κ3) is 4.03. The summed E-state index contributed by atoms with van der Waals surface area (Å²) in [5, 5.41) is 4.76. The molecule has 1 saturated carbocycles. The Kier molecular flexibility index (Phi) is 4.51. The second-order valence-corrected chi connectivity index (χ2v) is 6.25. The number of nitrogens with one attached hydrogen (secondary N) is 1. The molecule has 3 nitrogen and oxygen atoms in total. The van der Waals surface area contributed by atoms with E-state index in [9.17, 15) is 0 Å². The molecule has 0 radical (unpaired) electrons. The van der Waals surface area contributed by atoms with E-state index in [0.717, 1.165) is 24.7 Å². The molecule has 2 rings (SSSR count). The van der Waals surface area contributed by atoms with Gasteiger partial charge >= 0.3 is 0 Å². The van der Waals surface area contributed by atoms with Gasteiger partial charge in [0.1, 0.15) is 10.8 Å². The Morgan fingerprint density at radius 3 is 2.76 bits per heavy atom. The highest BCUT2D eigenvalue weighted by molar-refractivity contribution is 7.05. The van der Waals surface area contributed by atoms with Crippen LogP contribution in [-0.4, -0.2) is 21.9 Å². The van der Waals surface area contributed by atoms with Crippen molar-refractivity contribution in [1.29, 1.82) is 0 Å². The maximum absolute atomic E-state index is 4.67. The van der Waals surface area contributed by atoms with Gasteiger partial charge in [0.25, 0.3) is 0 Å². The average molecular weight is 253 g/mol. The van der Waals surface area contributed by atoms with Gasteiger partial charge in [-0.1, -0.05) is 20.8 Å². The molecule has 1 aliphatic carbocycles. The van der Waals surface area contributed by atoms with Crippen LogP contribution in [0.4, 0.5) is 0 Å². The first kappa shape index (κ1) is 13.0. The number of hydrogen-bond donors (Lipinski definition) is 1. The molecule has 1 fully saturated rings. The number of hydrogen-bond acceptors (Lipinski definition) is 4. The minimum Gasteiger partial charge on any atom is -0.314 e. The van der Waals surface area contributed by atoms with Gasteiger partial charge in [0.2, 0.25) is 0 Å². The largest absolute Gasteiger partial charge is 0.314 e. The van der Waals surface area contributed by atoms with Crippen molar-refractivity contribution < 1.29 is 0 Å². The van der Waals surface area contributed by atoms with Crippen molar-refractivity contribution in [3.63, 3.8) is 0 Å². The second kappa shape index (κ2) is 5.91. The van der Waals surface area contributed by atoms with Crippen LogP contribution in [0.15, 0.2) is 0 Å². The van der Waals surface area contributed by atoms with E-state index in [1.165, 1.54) is 24.3 Å². The van der Waals surface area contributed by atoms with Crippen LogP contribution in [0, 0.1) is 5.92 Å². The van der Waals surface area contributed by atoms with Crippen LogP contribution in [-0.2, 0) is 6.42 Å². The van der Waals surface area contributed by atoms with Crippen LogP contribution in [0.2, 0.25) is 0 Å². The summed E-state index contributed by atoms with van der Waals surface area (Å²) in [7, 11) is 0. The Hall–Kier alpha value is -0.480. The van der Waals surface area contributed by atoms with Crippen molar-refractivity contribution in [3.05, 3.63) is 10.8 Å². The first-order valence-electron chi connectivity index (χ1n) is 6.75. The summed E-state index contributed by atoms with van der Waals surface area (Å²) in [6.45, 7) is 7.76. The van der Waals surface area contributed by atoms with E-state index in [1.807, 2.05) is 0 Å². The normalized spacial score (nSPS) is 17.6. The molecule has 1 aliphatic rings. The molecule has 0 amide bonds. The van der Waals surface area contributed by atoms with Gasteiger partial charge in [0, 0.05) is 18.4 Å². The van der Waals surface area contributed by atoms with Crippen molar-refractivity contribution in [3.8, 4) is 0 Å². The number of nitrogens with zero attached hydrogens (tertiary/aromatic N) is 2. The maximum Gasteiger partial charge on any atom is 0.145 e. The SMILES string of the molecule is CCNC(Cc1nc(C2CC2)ns1)CC(C)C. The van der Waals surface area contributed by atoms with Gasteiger partial charge in [-0.05, 0) is 43.3 Å². The molecule has 1 aromatic heterocycles. The van der Waals surface area contributed by atoms with E-state index < -0.39 is 0 Å². The zero-order valence-corrected chi connectivity index (χ0v) is 11.9. The summed E-state index contributed by atoms with van der Waals surface area (Å²) < 4.78 is 4.47. The third-order valence-corrected chi connectivity index (χ3v) is 3.84. The van der Waals surface area contributed by atoms with Gasteiger partial charge in [0.05, 0.1) is 0 Å². The summed E-state index contributed by atoms with van der Waals surface area (Å²) in [5.41, 5.74) is 0. The molecule has 1 unspecified atom stereocenters. The first-order chi connectivity index (χ1) is 8.19. The van der Waals surface area contributed by atoms with Gasteiger partial charge in [-0.15, -0.1) is 0 Å². The van der Waals surface area contributed by atoms with Crippen LogP contribution < -0.4 is 5.32 Å². The highest BCUT2D eigenvalue weighted by Gasteiger charge is 2.28. The Balaban J connectivity index is 1.90. The lowest BCUT2D eigenvalue weighted by atomic mass is 10.0. The molecule has 1 N–H and O–H groups in total. The van der Waals surface area contributed by atoms with Crippen molar-refractivity contribution in [2.45, 2.75) is 58.4 Å². The van der Waals surface area contributed by atoms with Crippen molar-refractivity contribution in [2.75, 3.05) is 6.54 Å². The molecule has 0 saturated heterocycles. The molecule has 0 aliphatic heterocycles. The maximum atomic E-state index is 4.67. The fourth-order valence-electron chi connectivity index (χ4n) is 2.17. The van der Waals surface area contributed by atoms with E-state index in [0.29, 0.717) is 12.0 Å². The van der Waals surface area contributed by atoms with Crippen LogP contribution in [0.3, 0.4) is 0 Å². The minimum absolute atomic E-state index is 0.556. The first-order valence-corrected chi connectivity index (χ1v) is 7.52. The Morgan fingerprint density at radius 1 is 1.41 bits per heavy atom. The van der Waals surface area contributed by atoms with E-state index in [4.69, 9.17) is 0 Å². The summed E-state index contributed by atoms with van der Waals surface area (Å²) in [6, 6.07) is 0.556. The third-order valence-electron chi connectivity index (χ3n) is 3.10. The second-order valence-electron chi connectivity index (χ2n) is 5.41. The van der Waals surface area contributed by atoms with Crippen molar-refractivity contribution in [2.24, 2.45) is 5.92 Å². The van der Waals surface area contributed by atoms with Crippen molar-refractivity contribution >= 4 is 11.5 Å². The van der Waals surface area contributed by atoms with Gasteiger partial charge in [-0.3, -0.25) is 0 Å². The molecule has 0 bridgehead atoms. The highest BCUT2D eigenvalue weighted by Crippen LogP contribution is 2.38. The van der Waals surface area contributed by atoms with Crippen LogP contribution in [0.1, 0.15) is 56.8 Å². The van der Waals surface area contributed by atoms with Crippen LogP contribution in [0.25, 0.3) is 0 Å². The monoisotopic (exact) mass is 253 g/mol. The molecule has 4 heteroatoms. The summed E-state index contributed by atoms with van der Waals surface area (Å²) in [4.78, 5) is 4.67. The van der Waals surface area contributed by atoms with Gasteiger partial charge in [0.15, 0.2) is 0 Å². The molecule has 0 spiro atoms. The molecule has 17 heavy (non-hydrogen) atoms. The van der Waals surface area contributed by atoms with E-state index in [1.54, 1.807) is 11.5 Å². The minimum atomic E-state index is 0.556. The molecule has 96 valence electrons. The summed E-state index contributed by atoms with van der Waals surface area (Å²) in [5.74, 6) is 2.52. The lowest BCUT2D eigenvalue weighted by Crippen LogP contribution is -2.32. The zero-order chi connectivity index (χ0) is 12.3. The topological polar surface area (TPSA) is 37.8 Å². The molecular weight excluding hydrogens is 230 g/mol. The number of likely N-dealkylation sites (N-methyl/N-ethyl adjacent to an activating group) is 1. The quantitative estimate of drug-likeness (QED) is 0.812. The number of rotatable bonds is 7. The molecule has 1 aromatic rings. The average Bonchev–Trinajstić information content (AvgIpc) is 3.00. The fourth-order valence-corrected chi connectivity index (χ4v) is 2.96. The molecule has 1 heterocycles. The lowest BCUT2D eigenvalue weighted by molar-refractivity contribution is 0.423. The van der Waals surface area contributed by atoms with Crippen molar-refractivity contribution in [1.82, 2.24) is 14.7 Å². The highest BCUT2D eigenvalue weighted by atomic mass is 32.1. The summed E-state index contributed by atoms with van der Waals surface area (Å²) >= 11 is 1.60. The predicted molar refractivity (Wildman–Crippen MR) is 72.5 cm³/mol. The van der Waals surface area contributed by atoms with E-state index >= 15 is 0 Å². The van der Waals surface area contributed by atoms with Gasteiger partial charge in [-0.25, -0.2) is 4.98 Å². The van der Waals surface area contributed by atoms with Gasteiger partial charge < -0.3 is 5.32 Å². The van der Waals surface area contributed by atoms with Gasteiger partial charge in [-0.2, -0.15) is 4.37 Å². The molecule has 1 atom stereocenters. The summed E-state index contributed by atoms with van der Waals surface area (Å²) in [6.07, 6.45) is 4.83. The Bertz CT molecular complexity index is 344. The molecule has 0 aromatic carbocycles. The Labute approximate surface area is 108 Å². The fraction of sp³-hybridized carbons (Fsp3) is 0.846. The zero-order valence-electron chi connectivity index (χ0n) is 11.1. The van der Waals surface area contributed by atoms with Crippen LogP contribution in [0.5, 0.6) is 0 Å².